The third kappa shape index (κ3) is 9.78. The fraction of sp³-hybridized carbons (Fsp3) is 0.625. The van der Waals surface area contributed by atoms with Crippen LogP contribution in [0.1, 0.15) is 19.8 Å². The number of rotatable bonds is 13. The number of unbranched alkanes of at least 4 members (excludes halogenated alkanes) is 1. The lowest BCUT2D eigenvalue weighted by atomic mass is 10.3. The maximum Gasteiger partial charge on any atom is 0.119 e. The lowest BCUT2D eigenvalue weighted by Gasteiger charge is -2.08. The van der Waals surface area contributed by atoms with E-state index >= 15 is 0 Å². The fourth-order valence-electron chi connectivity index (χ4n) is 1.52. The molecule has 20 heavy (non-hydrogen) atoms. The van der Waals surface area contributed by atoms with E-state index < -0.39 is 0 Å². The van der Waals surface area contributed by atoms with Crippen molar-refractivity contribution in [2.24, 2.45) is 0 Å². The summed E-state index contributed by atoms with van der Waals surface area (Å²) in [7, 11) is 0. The van der Waals surface area contributed by atoms with Gasteiger partial charge in [0, 0.05) is 6.61 Å². The zero-order valence-corrected chi connectivity index (χ0v) is 12.4. The lowest BCUT2D eigenvalue weighted by molar-refractivity contribution is 0.00895. The van der Waals surface area contributed by atoms with E-state index in [9.17, 15) is 0 Å². The molecule has 0 aliphatic heterocycles. The van der Waals surface area contributed by atoms with Crippen LogP contribution in [0.15, 0.2) is 30.3 Å². The van der Waals surface area contributed by atoms with Crippen molar-refractivity contribution in [1.29, 1.82) is 0 Å². The van der Waals surface area contributed by atoms with Gasteiger partial charge in [-0.25, -0.2) is 0 Å². The van der Waals surface area contributed by atoms with Crippen LogP contribution in [0, 0.1) is 0 Å². The summed E-state index contributed by atoms with van der Waals surface area (Å²) in [6.07, 6.45) is 2.28. The Labute approximate surface area is 122 Å². The molecule has 0 aliphatic carbocycles. The first kappa shape index (κ1) is 17.0. The summed E-state index contributed by atoms with van der Waals surface area (Å²) in [5.74, 6) is 0.872. The Kier molecular flexibility index (Phi) is 10.9. The summed E-state index contributed by atoms with van der Waals surface area (Å²) in [5, 5.41) is 0. The average Bonchev–Trinajstić information content (AvgIpc) is 2.49. The average molecular weight is 282 g/mol. The van der Waals surface area contributed by atoms with Gasteiger partial charge in [0.2, 0.25) is 0 Å². The highest BCUT2D eigenvalue weighted by Gasteiger charge is 1.93. The van der Waals surface area contributed by atoms with Gasteiger partial charge in [0.1, 0.15) is 12.4 Å². The monoisotopic (exact) mass is 282 g/mol. The third-order valence-electron chi connectivity index (χ3n) is 2.63. The molecule has 1 aromatic rings. The van der Waals surface area contributed by atoms with Crippen molar-refractivity contribution < 1.29 is 18.9 Å². The maximum atomic E-state index is 5.50. The molecular weight excluding hydrogens is 256 g/mol. The third-order valence-corrected chi connectivity index (χ3v) is 2.63. The number of ether oxygens (including phenoxy) is 4. The van der Waals surface area contributed by atoms with Gasteiger partial charge in [-0.15, -0.1) is 0 Å². The highest BCUT2D eigenvalue weighted by molar-refractivity contribution is 5.20. The number of benzene rings is 1. The van der Waals surface area contributed by atoms with Crippen molar-refractivity contribution in [3.05, 3.63) is 30.3 Å². The molecule has 0 saturated carbocycles. The predicted octanol–water partition coefficient (Wildman–Crippen LogP) is 2.92. The van der Waals surface area contributed by atoms with E-state index in [1.54, 1.807) is 0 Å². The van der Waals surface area contributed by atoms with E-state index in [0.29, 0.717) is 39.6 Å². The SMILES string of the molecule is CCCCOCCOCCOCCOc1ccccc1. The fourth-order valence-corrected chi connectivity index (χ4v) is 1.52. The standard InChI is InChI=1S/C16H26O4/c1-2-3-9-17-10-11-18-12-13-19-14-15-20-16-7-5-4-6-8-16/h4-8H,2-3,9-15H2,1H3. The summed E-state index contributed by atoms with van der Waals surface area (Å²) < 4.78 is 21.7. The van der Waals surface area contributed by atoms with Crippen molar-refractivity contribution in [2.75, 3.05) is 46.2 Å². The minimum atomic E-state index is 0.560. The van der Waals surface area contributed by atoms with E-state index in [2.05, 4.69) is 6.92 Å². The first-order chi connectivity index (χ1) is 9.93. The Morgan fingerprint density at radius 1 is 0.700 bits per heavy atom. The van der Waals surface area contributed by atoms with Gasteiger partial charge in [-0.2, -0.15) is 0 Å². The summed E-state index contributed by atoms with van der Waals surface area (Å²) in [6, 6.07) is 9.73. The van der Waals surface area contributed by atoms with Gasteiger partial charge >= 0.3 is 0 Å². The van der Waals surface area contributed by atoms with Gasteiger partial charge in [-0.1, -0.05) is 31.5 Å². The van der Waals surface area contributed by atoms with Crippen LogP contribution in [0.2, 0.25) is 0 Å². The molecule has 0 N–H and O–H groups in total. The number of hydrogen-bond donors (Lipinski definition) is 0. The maximum absolute atomic E-state index is 5.50. The van der Waals surface area contributed by atoms with Gasteiger partial charge < -0.3 is 18.9 Å². The lowest BCUT2D eigenvalue weighted by Crippen LogP contribution is -2.12. The Morgan fingerprint density at radius 2 is 1.25 bits per heavy atom. The van der Waals surface area contributed by atoms with Crippen molar-refractivity contribution in [1.82, 2.24) is 0 Å². The minimum absolute atomic E-state index is 0.560. The highest BCUT2D eigenvalue weighted by Crippen LogP contribution is 2.07. The minimum Gasteiger partial charge on any atom is -0.491 e. The quantitative estimate of drug-likeness (QED) is 0.521. The van der Waals surface area contributed by atoms with E-state index in [4.69, 9.17) is 18.9 Å². The molecule has 114 valence electrons. The molecule has 0 unspecified atom stereocenters. The van der Waals surface area contributed by atoms with E-state index in [0.717, 1.165) is 18.8 Å². The van der Waals surface area contributed by atoms with Gasteiger partial charge in [0.15, 0.2) is 0 Å². The molecule has 0 amide bonds. The van der Waals surface area contributed by atoms with Crippen LogP contribution < -0.4 is 4.74 Å². The summed E-state index contributed by atoms with van der Waals surface area (Å²) >= 11 is 0. The Bertz CT molecular complexity index is 303. The van der Waals surface area contributed by atoms with Crippen LogP contribution in [0.5, 0.6) is 5.75 Å². The molecule has 0 atom stereocenters. The Hall–Kier alpha value is -1.10. The zero-order chi connectivity index (χ0) is 14.3. The van der Waals surface area contributed by atoms with Crippen LogP contribution in [0.25, 0.3) is 0 Å². The van der Waals surface area contributed by atoms with Crippen LogP contribution >= 0.6 is 0 Å². The molecule has 0 aliphatic rings. The number of para-hydroxylation sites is 1. The molecule has 0 aromatic heterocycles. The largest absolute Gasteiger partial charge is 0.491 e. The van der Waals surface area contributed by atoms with Gasteiger partial charge in [0.05, 0.1) is 33.0 Å². The van der Waals surface area contributed by atoms with Crippen LogP contribution in [0.4, 0.5) is 0 Å². The molecule has 0 bridgehead atoms. The molecule has 4 nitrogen and oxygen atoms in total. The van der Waals surface area contributed by atoms with Crippen molar-refractivity contribution in [3.8, 4) is 5.75 Å². The van der Waals surface area contributed by atoms with Gasteiger partial charge in [-0.05, 0) is 18.6 Å². The van der Waals surface area contributed by atoms with E-state index in [1.807, 2.05) is 30.3 Å². The molecule has 0 spiro atoms. The summed E-state index contributed by atoms with van der Waals surface area (Å²) in [4.78, 5) is 0. The smallest absolute Gasteiger partial charge is 0.119 e. The molecule has 4 heteroatoms. The molecular formula is C16H26O4. The second-order valence-corrected chi connectivity index (χ2v) is 4.35. The zero-order valence-electron chi connectivity index (χ0n) is 12.4. The molecule has 0 heterocycles. The Balaban J connectivity index is 1.77. The van der Waals surface area contributed by atoms with Crippen LogP contribution in [-0.4, -0.2) is 46.2 Å². The normalized spacial score (nSPS) is 10.7. The van der Waals surface area contributed by atoms with E-state index in [-0.39, 0.29) is 0 Å². The van der Waals surface area contributed by atoms with Gasteiger partial charge in [0.25, 0.3) is 0 Å². The second kappa shape index (κ2) is 12.9. The van der Waals surface area contributed by atoms with E-state index in [1.165, 1.54) is 6.42 Å². The number of hydrogen-bond acceptors (Lipinski definition) is 4. The van der Waals surface area contributed by atoms with Crippen molar-refractivity contribution >= 4 is 0 Å². The first-order valence-electron chi connectivity index (χ1n) is 7.34. The van der Waals surface area contributed by atoms with Crippen LogP contribution in [-0.2, 0) is 14.2 Å². The Morgan fingerprint density at radius 3 is 1.85 bits per heavy atom. The summed E-state index contributed by atoms with van der Waals surface area (Å²) in [5.41, 5.74) is 0. The molecule has 1 rings (SSSR count). The predicted molar refractivity (Wildman–Crippen MR) is 79.3 cm³/mol. The topological polar surface area (TPSA) is 36.9 Å². The molecule has 1 aromatic carbocycles. The summed E-state index contributed by atoms with van der Waals surface area (Å²) in [6.45, 7) is 6.60. The highest BCUT2D eigenvalue weighted by atomic mass is 16.6. The van der Waals surface area contributed by atoms with Crippen molar-refractivity contribution in [3.63, 3.8) is 0 Å². The van der Waals surface area contributed by atoms with Crippen molar-refractivity contribution in [2.45, 2.75) is 19.8 Å². The van der Waals surface area contributed by atoms with Crippen LogP contribution in [0.3, 0.4) is 0 Å². The first-order valence-corrected chi connectivity index (χ1v) is 7.34. The van der Waals surface area contributed by atoms with Gasteiger partial charge in [-0.3, -0.25) is 0 Å². The molecule has 0 radical (unpaired) electrons. The second-order valence-electron chi connectivity index (χ2n) is 4.35. The molecule has 0 saturated heterocycles. The molecule has 0 fully saturated rings.